The van der Waals surface area contributed by atoms with Crippen LogP contribution in [0.25, 0.3) is 0 Å². The van der Waals surface area contributed by atoms with Gasteiger partial charge in [0.05, 0.1) is 18.2 Å². The highest BCUT2D eigenvalue weighted by atomic mass is 35.5. The van der Waals surface area contributed by atoms with Gasteiger partial charge in [-0.05, 0) is 25.6 Å². The molecule has 6 nitrogen and oxygen atoms in total. The fourth-order valence-corrected chi connectivity index (χ4v) is 3.52. The molecule has 1 atom stereocenters. The van der Waals surface area contributed by atoms with E-state index in [0.717, 1.165) is 36.8 Å². The lowest BCUT2D eigenvalue weighted by molar-refractivity contribution is -0.120. The molecule has 0 spiro atoms. The quantitative estimate of drug-likeness (QED) is 0.838. The lowest BCUT2D eigenvalue weighted by atomic mass is 10.0. The molecule has 0 aliphatic carbocycles. The highest BCUT2D eigenvalue weighted by Gasteiger charge is 2.26. The van der Waals surface area contributed by atoms with Crippen LogP contribution in [0.2, 0.25) is 5.02 Å². The summed E-state index contributed by atoms with van der Waals surface area (Å²) in [5, 5.41) is 7.65. The molecule has 1 amide bonds. The molecule has 26 heavy (non-hydrogen) atoms. The van der Waals surface area contributed by atoms with Gasteiger partial charge in [-0.2, -0.15) is 0 Å². The molecule has 3 rings (SSSR count). The number of aromatic nitrogens is 1. The summed E-state index contributed by atoms with van der Waals surface area (Å²) in [5.74, 6) is 0.642. The second kappa shape index (κ2) is 8.66. The lowest BCUT2D eigenvalue weighted by Crippen LogP contribution is -2.48. The van der Waals surface area contributed by atoms with Crippen LogP contribution in [0.5, 0.6) is 0 Å². The Balaban J connectivity index is 1.67. The Morgan fingerprint density at radius 3 is 2.69 bits per heavy atom. The Morgan fingerprint density at radius 2 is 2.04 bits per heavy atom. The van der Waals surface area contributed by atoms with Crippen LogP contribution >= 0.6 is 11.6 Å². The molecule has 1 saturated heterocycles. The zero-order valence-corrected chi connectivity index (χ0v) is 16.0. The fraction of sp³-hybridized carbons (Fsp3) is 0.474. The molecule has 1 aromatic heterocycles. The van der Waals surface area contributed by atoms with Gasteiger partial charge in [0.25, 0.3) is 0 Å². The van der Waals surface area contributed by atoms with Gasteiger partial charge in [0, 0.05) is 43.8 Å². The molecule has 1 unspecified atom stereocenters. The van der Waals surface area contributed by atoms with Gasteiger partial charge < -0.3 is 14.7 Å². The van der Waals surface area contributed by atoms with Gasteiger partial charge in [-0.25, -0.2) is 0 Å². The monoisotopic (exact) mass is 376 g/mol. The summed E-state index contributed by atoms with van der Waals surface area (Å²) in [4.78, 5) is 17.0. The standard InChI is InChI=1S/C19H25ClN4O2/c1-14-11-15(22-26-14)12-19(25)21-13-18(16-5-3-4-6-17(16)20)24-9-7-23(2)8-10-24/h3-6,11,18H,7-10,12-13H2,1-2H3,(H,21,25). The highest BCUT2D eigenvalue weighted by Crippen LogP contribution is 2.28. The van der Waals surface area contributed by atoms with E-state index in [2.05, 4.69) is 27.3 Å². The Morgan fingerprint density at radius 1 is 1.31 bits per heavy atom. The van der Waals surface area contributed by atoms with Gasteiger partial charge in [0.15, 0.2) is 0 Å². The molecular formula is C19H25ClN4O2. The van der Waals surface area contributed by atoms with Gasteiger partial charge in [0.1, 0.15) is 5.76 Å². The first-order valence-electron chi connectivity index (χ1n) is 8.89. The maximum Gasteiger partial charge on any atom is 0.226 e. The van der Waals surface area contributed by atoms with Gasteiger partial charge >= 0.3 is 0 Å². The van der Waals surface area contributed by atoms with Gasteiger partial charge in [-0.15, -0.1) is 0 Å². The number of likely N-dealkylation sites (N-methyl/N-ethyl adjacent to an activating group) is 1. The van der Waals surface area contributed by atoms with Crippen LogP contribution in [0, 0.1) is 6.92 Å². The van der Waals surface area contributed by atoms with Crippen LogP contribution in [0.4, 0.5) is 0 Å². The number of halogens is 1. The van der Waals surface area contributed by atoms with E-state index in [-0.39, 0.29) is 18.4 Å². The van der Waals surface area contributed by atoms with Gasteiger partial charge in [0.2, 0.25) is 5.91 Å². The second-order valence-electron chi connectivity index (χ2n) is 6.79. The molecule has 0 saturated carbocycles. The third kappa shape index (κ3) is 4.84. The number of piperazine rings is 1. The maximum absolute atomic E-state index is 12.3. The summed E-state index contributed by atoms with van der Waals surface area (Å²) in [5.41, 5.74) is 1.70. The zero-order chi connectivity index (χ0) is 18.5. The Bertz CT molecular complexity index is 741. The summed E-state index contributed by atoms with van der Waals surface area (Å²) in [7, 11) is 2.13. The number of hydrogen-bond donors (Lipinski definition) is 1. The number of carbonyl (C=O) groups is 1. The zero-order valence-electron chi connectivity index (χ0n) is 15.2. The second-order valence-corrected chi connectivity index (χ2v) is 7.19. The smallest absolute Gasteiger partial charge is 0.226 e. The SMILES string of the molecule is Cc1cc(CC(=O)NCC(c2ccccc2Cl)N2CCN(C)CC2)no1. The van der Waals surface area contributed by atoms with Crippen molar-refractivity contribution >= 4 is 17.5 Å². The molecule has 1 aliphatic rings. The maximum atomic E-state index is 12.3. The Hall–Kier alpha value is -1.89. The van der Waals surface area contributed by atoms with Crippen molar-refractivity contribution in [3.63, 3.8) is 0 Å². The van der Waals surface area contributed by atoms with Crippen LogP contribution in [0.3, 0.4) is 0 Å². The lowest BCUT2D eigenvalue weighted by Gasteiger charge is -2.38. The first kappa shape index (κ1) is 18.9. The van der Waals surface area contributed by atoms with Crippen molar-refractivity contribution in [3.05, 3.63) is 52.4 Å². The van der Waals surface area contributed by atoms with E-state index in [1.165, 1.54) is 0 Å². The van der Waals surface area contributed by atoms with Crippen molar-refractivity contribution in [2.45, 2.75) is 19.4 Å². The first-order valence-corrected chi connectivity index (χ1v) is 9.26. The van der Waals surface area contributed by atoms with Crippen LogP contribution in [-0.4, -0.2) is 60.6 Å². The highest BCUT2D eigenvalue weighted by molar-refractivity contribution is 6.31. The topological polar surface area (TPSA) is 61.6 Å². The predicted molar refractivity (Wildman–Crippen MR) is 101 cm³/mol. The van der Waals surface area contributed by atoms with Crippen LogP contribution in [-0.2, 0) is 11.2 Å². The third-order valence-electron chi connectivity index (χ3n) is 4.75. The number of nitrogens with zero attached hydrogens (tertiary/aromatic N) is 3. The summed E-state index contributed by atoms with van der Waals surface area (Å²) in [6.45, 7) is 6.24. The predicted octanol–water partition coefficient (Wildman–Crippen LogP) is 2.28. The van der Waals surface area contributed by atoms with E-state index in [9.17, 15) is 4.79 Å². The minimum absolute atomic E-state index is 0.0559. The fourth-order valence-electron chi connectivity index (χ4n) is 3.25. The van der Waals surface area contributed by atoms with Gasteiger partial charge in [-0.1, -0.05) is 35.0 Å². The molecule has 2 aromatic rings. The average molecular weight is 377 g/mol. The minimum Gasteiger partial charge on any atom is -0.361 e. The number of carbonyl (C=O) groups excluding carboxylic acids is 1. The molecule has 0 radical (unpaired) electrons. The van der Waals surface area contributed by atoms with E-state index in [1.807, 2.05) is 31.2 Å². The van der Waals surface area contributed by atoms with Crippen LogP contribution in [0.15, 0.2) is 34.9 Å². The molecule has 1 N–H and O–H groups in total. The van der Waals surface area contributed by atoms with Crippen molar-refractivity contribution in [2.75, 3.05) is 39.8 Å². The Kier molecular flexibility index (Phi) is 6.29. The molecule has 2 heterocycles. The van der Waals surface area contributed by atoms with E-state index in [0.29, 0.717) is 18.0 Å². The molecule has 7 heteroatoms. The van der Waals surface area contributed by atoms with E-state index < -0.39 is 0 Å². The number of aryl methyl sites for hydroxylation is 1. The number of hydrogen-bond acceptors (Lipinski definition) is 5. The largest absolute Gasteiger partial charge is 0.361 e. The van der Waals surface area contributed by atoms with Crippen molar-refractivity contribution in [1.82, 2.24) is 20.3 Å². The number of rotatable bonds is 6. The van der Waals surface area contributed by atoms with Gasteiger partial charge in [-0.3, -0.25) is 9.69 Å². The average Bonchev–Trinajstić information content (AvgIpc) is 3.02. The summed E-state index contributed by atoms with van der Waals surface area (Å²) in [6.07, 6.45) is 0.218. The van der Waals surface area contributed by atoms with E-state index >= 15 is 0 Å². The minimum atomic E-state index is -0.0653. The van der Waals surface area contributed by atoms with Crippen molar-refractivity contribution < 1.29 is 9.32 Å². The molecular weight excluding hydrogens is 352 g/mol. The molecule has 0 bridgehead atoms. The van der Waals surface area contributed by atoms with Crippen molar-refractivity contribution in [1.29, 1.82) is 0 Å². The molecule has 1 aliphatic heterocycles. The number of amides is 1. The van der Waals surface area contributed by atoms with Crippen molar-refractivity contribution in [3.8, 4) is 0 Å². The summed E-state index contributed by atoms with van der Waals surface area (Å²) >= 11 is 6.44. The number of benzene rings is 1. The summed E-state index contributed by atoms with van der Waals surface area (Å²) < 4.78 is 5.02. The van der Waals surface area contributed by atoms with Crippen LogP contribution in [0.1, 0.15) is 23.1 Å². The number of nitrogens with one attached hydrogen (secondary N) is 1. The van der Waals surface area contributed by atoms with E-state index in [4.69, 9.17) is 16.1 Å². The van der Waals surface area contributed by atoms with E-state index in [1.54, 1.807) is 6.07 Å². The van der Waals surface area contributed by atoms with Crippen LogP contribution < -0.4 is 5.32 Å². The normalized spacial score (nSPS) is 17.2. The summed E-state index contributed by atoms with van der Waals surface area (Å²) in [6, 6.07) is 9.70. The molecule has 1 fully saturated rings. The molecule has 1 aromatic carbocycles. The third-order valence-corrected chi connectivity index (χ3v) is 5.10. The first-order chi connectivity index (χ1) is 12.5. The Labute approximate surface area is 159 Å². The molecule has 140 valence electrons. The van der Waals surface area contributed by atoms with Crippen molar-refractivity contribution in [2.24, 2.45) is 0 Å².